The molecule has 1 aromatic carbocycles. The summed E-state index contributed by atoms with van der Waals surface area (Å²) >= 11 is 0. The summed E-state index contributed by atoms with van der Waals surface area (Å²) in [6.45, 7) is 6.76. The van der Waals surface area contributed by atoms with Crippen molar-refractivity contribution in [1.29, 1.82) is 0 Å². The maximum atomic E-state index is 14.1. The quantitative estimate of drug-likeness (QED) is 0.865. The third-order valence-corrected chi connectivity index (χ3v) is 3.54. The fourth-order valence-electron chi connectivity index (χ4n) is 2.18. The number of hydrogen-bond acceptors (Lipinski definition) is 2. The van der Waals surface area contributed by atoms with Gasteiger partial charge >= 0.3 is 0 Å². The zero-order chi connectivity index (χ0) is 13.3. The average molecular weight is 251 g/mol. The van der Waals surface area contributed by atoms with Crippen molar-refractivity contribution in [2.75, 3.05) is 11.4 Å². The first-order valence-electron chi connectivity index (χ1n) is 6.73. The Morgan fingerprint density at radius 2 is 2.00 bits per heavy atom. The van der Waals surface area contributed by atoms with E-state index in [-0.39, 0.29) is 11.9 Å². The van der Waals surface area contributed by atoms with Crippen molar-refractivity contribution in [3.05, 3.63) is 29.6 Å². The molecule has 0 unspecified atom stereocenters. The summed E-state index contributed by atoms with van der Waals surface area (Å²) in [4.78, 5) is 2.12. The van der Waals surface area contributed by atoms with Gasteiger partial charge in [0.2, 0.25) is 0 Å². The minimum atomic E-state index is -0.621. The summed E-state index contributed by atoms with van der Waals surface area (Å²) < 4.78 is 14.1. The Bertz CT molecular complexity index is 413. The first-order chi connectivity index (χ1) is 8.49. The van der Waals surface area contributed by atoms with Gasteiger partial charge < -0.3 is 10.0 Å². The van der Waals surface area contributed by atoms with E-state index in [1.165, 1.54) is 18.9 Å². The lowest BCUT2D eigenvalue weighted by Crippen LogP contribution is -2.33. The number of rotatable bonds is 5. The Labute approximate surface area is 108 Å². The van der Waals surface area contributed by atoms with E-state index in [1.54, 1.807) is 13.0 Å². The van der Waals surface area contributed by atoms with Gasteiger partial charge in [0.05, 0.1) is 11.8 Å². The molecule has 2 rings (SSSR count). The molecule has 18 heavy (non-hydrogen) atoms. The SMILES string of the molecule is CC(C)N(CC1CC1)c1ccc([C@@H](C)O)cc1F. The van der Waals surface area contributed by atoms with Crippen LogP contribution in [0.1, 0.15) is 45.3 Å². The van der Waals surface area contributed by atoms with Gasteiger partial charge in [-0.1, -0.05) is 6.07 Å². The molecule has 0 saturated heterocycles. The second-order valence-electron chi connectivity index (χ2n) is 5.58. The molecule has 0 amide bonds. The molecule has 1 aliphatic carbocycles. The third kappa shape index (κ3) is 3.02. The van der Waals surface area contributed by atoms with Crippen LogP contribution in [-0.2, 0) is 0 Å². The minimum Gasteiger partial charge on any atom is -0.389 e. The fraction of sp³-hybridized carbons (Fsp3) is 0.600. The van der Waals surface area contributed by atoms with Crippen LogP contribution in [0.3, 0.4) is 0 Å². The zero-order valence-corrected chi connectivity index (χ0v) is 11.4. The maximum Gasteiger partial charge on any atom is 0.146 e. The summed E-state index contributed by atoms with van der Waals surface area (Å²) in [6, 6.07) is 5.34. The summed E-state index contributed by atoms with van der Waals surface area (Å²) in [5.74, 6) is 0.492. The number of anilines is 1. The van der Waals surface area contributed by atoms with E-state index < -0.39 is 6.10 Å². The molecule has 1 N–H and O–H groups in total. The van der Waals surface area contributed by atoms with Crippen LogP contribution in [0, 0.1) is 11.7 Å². The van der Waals surface area contributed by atoms with E-state index in [9.17, 15) is 9.50 Å². The Morgan fingerprint density at radius 3 is 2.44 bits per heavy atom. The van der Waals surface area contributed by atoms with Crippen LogP contribution in [0.2, 0.25) is 0 Å². The van der Waals surface area contributed by atoms with Crippen LogP contribution in [0.5, 0.6) is 0 Å². The van der Waals surface area contributed by atoms with Crippen molar-refractivity contribution in [3.8, 4) is 0 Å². The van der Waals surface area contributed by atoms with Crippen LogP contribution in [0.15, 0.2) is 18.2 Å². The molecule has 0 spiro atoms. The highest BCUT2D eigenvalue weighted by Gasteiger charge is 2.27. The molecule has 1 saturated carbocycles. The van der Waals surface area contributed by atoms with E-state index in [2.05, 4.69) is 18.7 Å². The number of halogens is 1. The van der Waals surface area contributed by atoms with Gasteiger partial charge in [0.15, 0.2) is 0 Å². The number of hydrogen-bond donors (Lipinski definition) is 1. The summed E-state index contributed by atoms with van der Waals surface area (Å²) in [5.41, 5.74) is 1.28. The van der Waals surface area contributed by atoms with Crippen molar-refractivity contribution in [2.24, 2.45) is 5.92 Å². The molecular weight excluding hydrogens is 229 g/mol. The number of aliphatic hydroxyl groups is 1. The lowest BCUT2D eigenvalue weighted by molar-refractivity contribution is 0.199. The third-order valence-electron chi connectivity index (χ3n) is 3.54. The Morgan fingerprint density at radius 1 is 1.33 bits per heavy atom. The Balaban J connectivity index is 2.23. The zero-order valence-electron chi connectivity index (χ0n) is 11.4. The van der Waals surface area contributed by atoms with E-state index >= 15 is 0 Å². The number of nitrogens with zero attached hydrogens (tertiary/aromatic N) is 1. The van der Waals surface area contributed by atoms with Gasteiger partial charge in [-0.15, -0.1) is 0 Å². The topological polar surface area (TPSA) is 23.5 Å². The van der Waals surface area contributed by atoms with Crippen LogP contribution in [0.4, 0.5) is 10.1 Å². The largest absolute Gasteiger partial charge is 0.389 e. The van der Waals surface area contributed by atoms with Gasteiger partial charge in [-0.3, -0.25) is 0 Å². The maximum absolute atomic E-state index is 14.1. The molecule has 1 aromatic rings. The normalized spacial score (nSPS) is 17.0. The van der Waals surface area contributed by atoms with Gasteiger partial charge in [-0.05, 0) is 57.2 Å². The molecule has 0 heterocycles. The highest BCUT2D eigenvalue weighted by molar-refractivity contribution is 5.50. The molecule has 0 bridgehead atoms. The van der Waals surface area contributed by atoms with Gasteiger partial charge in [0.25, 0.3) is 0 Å². The van der Waals surface area contributed by atoms with E-state index in [4.69, 9.17) is 0 Å². The van der Waals surface area contributed by atoms with Gasteiger partial charge in [-0.2, -0.15) is 0 Å². The second-order valence-corrected chi connectivity index (χ2v) is 5.58. The smallest absolute Gasteiger partial charge is 0.146 e. The van der Waals surface area contributed by atoms with Crippen molar-refractivity contribution in [2.45, 2.75) is 45.8 Å². The van der Waals surface area contributed by atoms with E-state index in [1.807, 2.05) is 6.07 Å². The molecule has 0 radical (unpaired) electrons. The molecule has 1 atom stereocenters. The monoisotopic (exact) mass is 251 g/mol. The molecule has 0 aromatic heterocycles. The van der Waals surface area contributed by atoms with Crippen LogP contribution >= 0.6 is 0 Å². The van der Waals surface area contributed by atoms with E-state index in [0.717, 1.165) is 12.5 Å². The molecule has 2 nitrogen and oxygen atoms in total. The van der Waals surface area contributed by atoms with Crippen LogP contribution in [-0.4, -0.2) is 17.7 Å². The molecule has 3 heteroatoms. The predicted molar refractivity (Wildman–Crippen MR) is 72.2 cm³/mol. The van der Waals surface area contributed by atoms with Gasteiger partial charge in [-0.25, -0.2) is 4.39 Å². The summed E-state index contributed by atoms with van der Waals surface area (Å²) in [7, 11) is 0. The van der Waals surface area contributed by atoms with Crippen molar-refractivity contribution >= 4 is 5.69 Å². The summed E-state index contributed by atoms with van der Waals surface area (Å²) in [5, 5.41) is 9.46. The average Bonchev–Trinajstić information content (AvgIpc) is 3.09. The molecule has 0 aliphatic heterocycles. The first kappa shape index (κ1) is 13.3. The van der Waals surface area contributed by atoms with Crippen molar-refractivity contribution in [3.63, 3.8) is 0 Å². The summed E-state index contributed by atoms with van der Waals surface area (Å²) in [6.07, 6.45) is 1.90. The fourth-order valence-corrected chi connectivity index (χ4v) is 2.18. The lowest BCUT2D eigenvalue weighted by atomic mass is 10.1. The van der Waals surface area contributed by atoms with E-state index in [0.29, 0.717) is 11.3 Å². The lowest BCUT2D eigenvalue weighted by Gasteiger charge is -2.29. The molecule has 1 fully saturated rings. The Hall–Kier alpha value is -1.09. The predicted octanol–water partition coefficient (Wildman–Crippen LogP) is 3.50. The van der Waals surface area contributed by atoms with Crippen LogP contribution in [0.25, 0.3) is 0 Å². The van der Waals surface area contributed by atoms with Crippen molar-refractivity contribution in [1.82, 2.24) is 0 Å². The number of benzene rings is 1. The first-order valence-corrected chi connectivity index (χ1v) is 6.73. The van der Waals surface area contributed by atoms with Crippen molar-refractivity contribution < 1.29 is 9.50 Å². The van der Waals surface area contributed by atoms with Gasteiger partial charge in [0, 0.05) is 12.6 Å². The highest BCUT2D eigenvalue weighted by atomic mass is 19.1. The molecule has 100 valence electrons. The molecular formula is C15H22FNO. The Kier molecular flexibility index (Phi) is 3.91. The highest BCUT2D eigenvalue weighted by Crippen LogP contribution is 2.33. The van der Waals surface area contributed by atoms with Crippen LogP contribution < -0.4 is 4.90 Å². The minimum absolute atomic E-state index is 0.234. The molecule has 1 aliphatic rings. The number of aliphatic hydroxyl groups excluding tert-OH is 1. The van der Waals surface area contributed by atoms with Gasteiger partial charge in [0.1, 0.15) is 5.82 Å². The standard InChI is InChI=1S/C15H22FNO/c1-10(2)17(9-12-4-5-12)15-7-6-13(11(3)18)8-14(15)16/h6-8,10-12,18H,4-5,9H2,1-3H3/t11-/m1/s1. The second kappa shape index (κ2) is 5.27.